The molecule has 0 radical (unpaired) electrons. The summed E-state index contributed by atoms with van der Waals surface area (Å²) < 4.78 is 0. The molecular weight excluding hydrogens is 208 g/mol. The van der Waals surface area contributed by atoms with E-state index in [0.717, 1.165) is 5.69 Å². The summed E-state index contributed by atoms with van der Waals surface area (Å²) in [6.45, 7) is 6.43. The average Bonchev–Trinajstić information content (AvgIpc) is 2.29. The van der Waals surface area contributed by atoms with E-state index >= 15 is 0 Å². The zero-order valence-electron chi connectivity index (χ0n) is 10.6. The Morgan fingerprint density at radius 1 is 1.12 bits per heavy atom. The summed E-state index contributed by atoms with van der Waals surface area (Å²) in [7, 11) is 0. The molecule has 1 heterocycles. The minimum Gasteiger partial charge on any atom is -0.377 e. The first-order chi connectivity index (χ1) is 8.15. The number of pyridine rings is 1. The van der Waals surface area contributed by atoms with E-state index in [-0.39, 0.29) is 6.04 Å². The van der Waals surface area contributed by atoms with Crippen molar-refractivity contribution in [2.45, 2.75) is 26.8 Å². The van der Waals surface area contributed by atoms with Gasteiger partial charge in [0.05, 0.1) is 5.69 Å². The van der Waals surface area contributed by atoms with Gasteiger partial charge in [0.25, 0.3) is 0 Å². The molecule has 0 saturated carbocycles. The number of nitrogens with zero attached hydrogens (tertiary/aromatic N) is 1. The van der Waals surface area contributed by atoms with Crippen molar-refractivity contribution in [3.8, 4) is 0 Å². The molecule has 88 valence electrons. The van der Waals surface area contributed by atoms with Gasteiger partial charge in [0.2, 0.25) is 0 Å². The SMILES string of the molecule is Cc1cc(C)cc(C(C)Nc2cccnc2)c1. The molecule has 2 heteroatoms. The monoisotopic (exact) mass is 226 g/mol. The largest absolute Gasteiger partial charge is 0.377 e. The Morgan fingerprint density at radius 2 is 1.82 bits per heavy atom. The highest BCUT2D eigenvalue weighted by atomic mass is 14.9. The van der Waals surface area contributed by atoms with Crippen LogP contribution in [0.25, 0.3) is 0 Å². The predicted molar refractivity (Wildman–Crippen MR) is 72.2 cm³/mol. The van der Waals surface area contributed by atoms with Gasteiger partial charge in [-0.15, -0.1) is 0 Å². The molecule has 1 N–H and O–H groups in total. The molecule has 1 unspecified atom stereocenters. The van der Waals surface area contributed by atoms with Crippen LogP contribution in [0.1, 0.15) is 29.7 Å². The molecule has 0 bridgehead atoms. The van der Waals surface area contributed by atoms with E-state index in [9.17, 15) is 0 Å². The van der Waals surface area contributed by atoms with Crippen molar-refractivity contribution in [1.82, 2.24) is 4.98 Å². The van der Waals surface area contributed by atoms with E-state index in [1.807, 2.05) is 18.3 Å². The van der Waals surface area contributed by atoms with Gasteiger partial charge >= 0.3 is 0 Å². The summed E-state index contributed by atoms with van der Waals surface area (Å²) in [5, 5.41) is 3.45. The molecule has 1 atom stereocenters. The van der Waals surface area contributed by atoms with E-state index in [0.29, 0.717) is 0 Å². The first-order valence-electron chi connectivity index (χ1n) is 5.90. The van der Waals surface area contributed by atoms with Crippen LogP contribution in [0.4, 0.5) is 5.69 Å². The highest BCUT2D eigenvalue weighted by Crippen LogP contribution is 2.20. The van der Waals surface area contributed by atoms with Crippen LogP contribution in [0.15, 0.2) is 42.7 Å². The Bertz CT molecular complexity index is 471. The molecule has 1 aromatic carbocycles. The fourth-order valence-corrected chi connectivity index (χ4v) is 2.04. The van der Waals surface area contributed by atoms with Crippen LogP contribution in [0.5, 0.6) is 0 Å². The van der Waals surface area contributed by atoms with Crippen LogP contribution in [-0.2, 0) is 0 Å². The number of aromatic nitrogens is 1. The molecule has 17 heavy (non-hydrogen) atoms. The minimum atomic E-state index is 0.290. The molecule has 0 spiro atoms. The van der Waals surface area contributed by atoms with Crippen molar-refractivity contribution >= 4 is 5.69 Å². The van der Waals surface area contributed by atoms with Gasteiger partial charge in [0.15, 0.2) is 0 Å². The lowest BCUT2D eigenvalue weighted by atomic mass is 10.0. The second kappa shape index (κ2) is 5.00. The summed E-state index contributed by atoms with van der Waals surface area (Å²) in [5.41, 5.74) is 4.98. The Hall–Kier alpha value is -1.83. The first kappa shape index (κ1) is 11.6. The summed E-state index contributed by atoms with van der Waals surface area (Å²) in [6.07, 6.45) is 3.63. The van der Waals surface area contributed by atoms with E-state index in [1.54, 1.807) is 6.20 Å². The molecule has 0 aliphatic rings. The van der Waals surface area contributed by atoms with E-state index < -0.39 is 0 Å². The number of benzene rings is 1. The standard InChI is InChI=1S/C15H18N2/c1-11-7-12(2)9-14(8-11)13(3)17-15-5-4-6-16-10-15/h4-10,13,17H,1-3H3. The molecule has 0 fully saturated rings. The van der Waals surface area contributed by atoms with Crippen molar-refractivity contribution in [3.63, 3.8) is 0 Å². The van der Waals surface area contributed by atoms with Gasteiger partial charge < -0.3 is 5.32 Å². The van der Waals surface area contributed by atoms with Crippen molar-refractivity contribution in [2.75, 3.05) is 5.32 Å². The number of anilines is 1. The second-order valence-electron chi connectivity index (χ2n) is 4.53. The summed E-state index contributed by atoms with van der Waals surface area (Å²) in [4.78, 5) is 4.10. The number of hydrogen-bond donors (Lipinski definition) is 1. The zero-order valence-corrected chi connectivity index (χ0v) is 10.6. The number of hydrogen-bond acceptors (Lipinski definition) is 2. The fraction of sp³-hybridized carbons (Fsp3) is 0.267. The average molecular weight is 226 g/mol. The molecule has 0 aliphatic carbocycles. The Morgan fingerprint density at radius 3 is 2.41 bits per heavy atom. The van der Waals surface area contributed by atoms with Gasteiger partial charge in [-0.2, -0.15) is 0 Å². The topological polar surface area (TPSA) is 24.9 Å². The predicted octanol–water partition coefficient (Wildman–Crippen LogP) is 3.87. The smallest absolute Gasteiger partial charge is 0.0531 e. The quantitative estimate of drug-likeness (QED) is 0.859. The maximum atomic E-state index is 4.10. The third-order valence-corrected chi connectivity index (χ3v) is 2.79. The summed E-state index contributed by atoms with van der Waals surface area (Å²) >= 11 is 0. The maximum Gasteiger partial charge on any atom is 0.0531 e. The number of rotatable bonds is 3. The number of aryl methyl sites for hydroxylation is 2. The molecule has 1 aromatic heterocycles. The van der Waals surface area contributed by atoms with Crippen molar-refractivity contribution in [3.05, 3.63) is 59.4 Å². The van der Waals surface area contributed by atoms with E-state index in [1.165, 1.54) is 16.7 Å². The maximum absolute atomic E-state index is 4.10. The van der Waals surface area contributed by atoms with E-state index in [4.69, 9.17) is 0 Å². The summed E-state index contributed by atoms with van der Waals surface area (Å²) in [5.74, 6) is 0. The van der Waals surface area contributed by atoms with Crippen LogP contribution >= 0.6 is 0 Å². The lowest BCUT2D eigenvalue weighted by Crippen LogP contribution is -2.07. The molecular formula is C15H18N2. The molecule has 2 aromatic rings. The number of nitrogens with one attached hydrogen (secondary N) is 1. The van der Waals surface area contributed by atoms with Crippen LogP contribution in [-0.4, -0.2) is 4.98 Å². The van der Waals surface area contributed by atoms with Crippen molar-refractivity contribution < 1.29 is 0 Å². The highest BCUT2D eigenvalue weighted by Gasteiger charge is 2.06. The third kappa shape index (κ3) is 3.06. The van der Waals surface area contributed by atoms with Crippen LogP contribution < -0.4 is 5.32 Å². The van der Waals surface area contributed by atoms with Crippen LogP contribution in [0.2, 0.25) is 0 Å². The third-order valence-electron chi connectivity index (χ3n) is 2.79. The zero-order chi connectivity index (χ0) is 12.3. The normalized spacial score (nSPS) is 12.2. The molecule has 2 nitrogen and oxygen atoms in total. The van der Waals surface area contributed by atoms with Gasteiger partial charge in [-0.3, -0.25) is 4.98 Å². The van der Waals surface area contributed by atoms with Gasteiger partial charge in [-0.25, -0.2) is 0 Å². The van der Waals surface area contributed by atoms with Gasteiger partial charge in [-0.1, -0.05) is 29.3 Å². The molecule has 2 rings (SSSR count). The first-order valence-corrected chi connectivity index (χ1v) is 5.90. The molecule has 0 aliphatic heterocycles. The molecule has 0 amide bonds. The molecule has 0 saturated heterocycles. The lowest BCUT2D eigenvalue weighted by molar-refractivity contribution is 0.879. The lowest BCUT2D eigenvalue weighted by Gasteiger charge is -2.16. The summed E-state index contributed by atoms with van der Waals surface area (Å²) in [6, 6.07) is 10.9. The minimum absolute atomic E-state index is 0.290. The van der Waals surface area contributed by atoms with Gasteiger partial charge in [-0.05, 0) is 38.5 Å². The van der Waals surface area contributed by atoms with Gasteiger partial charge in [0.1, 0.15) is 0 Å². The van der Waals surface area contributed by atoms with Crippen LogP contribution in [0, 0.1) is 13.8 Å². The Balaban J connectivity index is 2.17. The van der Waals surface area contributed by atoms with Crippen molar-refractivity contribution in [1.29, 1.82) is 0 Å². The van der Waals surface area contributed by atoms with Crippen LogP contribution in [0.3, 0.4) is 0 Å². The fourth-order valence-electron chi connectivity index (χ4n) is 2.04. The van der Waals surface area contributed by atoms with Crippen molar-refractivity contribution in [2.24, 2.45) is 0 Å². The van der Waals surface area contributed by atoms with Gasteiger partial charge in [0, 0.05) is 18.4 Å². The Labute approximate surface area is 103 Å². The van der Waals surface area contributed by atoms with E-state index in [2.05, 4.69) is 49.3 Å². The second-order valence-corrected chi connectivity index (χ2v) is 4.53. The highest BCUT2D eigenvalue weighted by molar-refractivity contribution is 5.43. The Kier molecular flexibility index (Phi) is 3.43.